The van der Waals surface area contributed by atoms with Crippen LogP contribution in [0.4, 0.5) is 0 Å². The molecule has 1 aliphatic carbocycles. The smallest absolute Gasteiger partial charge is 0.226 e. The molecule has 6 heteroatoms. The van der Waals surface area contributed by atoms with E-state index >= 15 is 0 Å². The molecule has 0 radical (unpaired) electrons. The van der Waals surface area contributed by atoms with E-state index in [2.05, 4.69) is 12.2 Å². The van der Waals surface area contributed by atoms with E-state index in [1.54, 1.807) is 0 Å². The fraction of sp³-hybridized carbons (Fsp3) is 0.889. The van der Waals surface area contributed by atoms with Crippen LogP contribution in [0.5, 0.6) is 0 Å². The Balaban J connectivity index is 0.00000254. The van der Waals surface area contributed by atoms with Crippen LogP contribution in [0.1, 0.15) is 53.4 Å². The van der Waals surface area contributed by atoms with Gasteiger partial charge in [-0.2, -0.15) is 0 Å². The summed E-state index contributed by atoms with van der Waals surface area (Å²) < 4.78 is 15.8. The zero-order valence-corrected chi connectivity index (χ0v) is 15.8. The maximum atomic E-state index is 11.8. The predicted octanol–water partition coefficient (Wildman–Crippen LogP) is 2.35. The average Bonchev–Trinajstić information content (AvgIpc) is 3.42. The first-order valence-corrected chi connectivity index (χ1v) is 9.18. The van der Waals surface area contributed by atoms with Crippen LogP contribution in [0.2, 0.25) is 0 Å². The highest BCUT2D eigenvalue weighted by molar-refractivity contribution is 5.85. The molecule has 1 fully saturated rings. The quantitative estimate of drug-likeness (QED) is 0.489. The highest BCUT2D eigenvalue weighted by atomic mass is 16.5. The van der Waals surface area contributed by atoms with E-state index in [4.69, 9.17) is 14.2 Å². The lowest BCUT2D eigenvalue weighted by molar-refractivity contribution is -0.126. The summed E-state index contributed by atoms with van der Waals surface area (Å²) in [5, 5.41) is 2.91. The monoisotopic (exact) mass is 345 g/mol. The molecular weight excluding hydrogens is 310 g/mol. The van der Waals surface area contributed by atoms with Gasteiger partial charge in [-0.3, -0.25) is 9.59 Å². The van der Waals surface area contributed by atoms with Gasteiger partial charge in [0, 0.05) is 18.4 Å². The molecule has 0 unspecified atom stereocenters. The Labute approximate surface area is 146 Å². The van der Waals surface area contributed by atoms with Crippen molar-refractivity contribution < 1.29 is 23.8 Å². The summed E-state index contributed by atoms with van der Waals surface area (Å²) in [4.78, 5) is 22.8. The van der Waals surface area contributed by atoms with Gasteiger partial charge in [-0.25, -0.2) is 0 Å². The molecule has 1 amide bonds. The summed E-state index contributed by atoms with van der Waals surface area (Å²) in [6.45, 7) is 10.9. The number of rotatable bonds is 14. The third-order valence-electron chi connectivity index (χ3n) is 3.95. The summed E-state index contributed by atoms with van der Waals surface area (Å²) in [5.41, 5.74) is -0.0811. The van der Waals surface area contributed by atoms with Crippen LogP contribution >= 0.6 is 0 Å². The first-order chi connectivity index (χ1) is 11.6. The molecule has 0 bridgehead atoms. The number of ketones is 1. The van der Waals surface area contributed by atoms with Crippen molar-refractivity contribution in [2.24, 2.45) is 5.41 Å². The van der Waals surface area contributed by atoms with Crippen molar-refractivity contribution in [1.29, 1.82) is 0 Å². The van der Waals surface area contributed by atoms with Crippen molar-refractivity contribution in [2.75, 3.05) is 46.2 Å². The minimum atomic E-state index is -0.0811. The lowest BCUT2D eigenvalue weighted by atomic mass is 10.0. The SMILES string of the molecule is CC.CCC(=O)COCCOCCOCCNC(=O)C1(CC)CC1. The molecule has 1 aliphatic rings. The highest BCUT2D eigenvalue weighted by Gasteiger charge is 2.47. The Morgan fingerprint density at radius 1 is 0.917 bits per heavy atom. The minimum absolute atomic E-state index is 0.0811. The fourth-order valence-corrected chi connectivity index (χ4v) is 2.04. The van der Waals surface area contributed by atoms with Gasteiger partial charge < -0.3 is 19.5 Å². The largest absolute Gasteiger partial charge is 0.377 e. The topological polar surface area (TPSA) is 73.9 Å². The predicted molar refractivity (Wildman–Crippen MR) is 94.1 cm³/mol. The number of Topliss-reactive ketones (excluding diaryl/α,β-unsaturated/α-hetero) is 1. The van der Waals surface area contributed by atoms with Crippen molar-refractivity contribution in [1.82, 2.24) is 5.32 Å². The highest BCUT2D eigenvalue weighted by Crippen LogP contribution is 2.48. The van der Waals surface area contributed by atoms with Gasteiger partial charge in [-0.15, -0.1) is 0 Å². The Bertz CT molecular complexity index is 342. The van der Waals surface area contributed by atoms with E-state index < -0.39 is 0 Å². The van der Waals surface area contributed by atoms with Gasteiger partial charge in [0.1, 0.15) is 6.61 Å². The third-order valence-corrected chi connectivity index (χ3v) is 3.95. The zero-order chi connectivity index (χ0) is 18.3. The van der Waals surface area contributed by atoms with Crippen molar-refractivity contribution in [2.45, 2.75) is 53.4 Å². The molecule has 0 saturated heterocycles. The first kappa shape index (κ1) is 23.0. The number of amides is 1. The van der Waals surface area contributed by atoms with Gasteiger partial charge in [0.2, 0.25) is 5.91 Å². The molecule has 1 N–H and O–H groups in total. The molecular formula is C18H35NO5. The van der Waals surface area contributed by atoms with Crippen LogP contribution in [0.25, 0.3) is 0 Å². The zero-order valence-electron chi connectivity index (χ0n) is 15.8. The normalized spacial score (nSPS) is 14.5. The van der Waals surface area contributed by atoms with E-state index in [9.17, 15) is 9.59 Å². The second-order valence-electron chi connectivity index (χ2n) is 5.56. The van der Waals surface area contributed by atoms with E-state index in [0.717, 1.165) is 19.3 Å². The number of carbonyl (C=O) groups is 2. The molecule has 1 saturated carbocycles. The van der Waals surface area contributed by atoms with E-state index in [0.29, 0.717) is 46.0 Å². The van der Waals surface area contributed by atoms with E-state index in [1.165, 1.54) is 0 Å². The Morgan fingerprint density at radius 3 is 1.96 bits per heavy atom. The van der Waals surface area contributed by atoms with Crippen LogP contribution in [-0.4, -0.2) is 57.9 Å². The standard InChI is InChI=1S/C16H29NO5.C2H6/c1-3-14(18)13-22-12-11-21-10-9-20-8-7-17-15(19)16(4-2)5-6-16;1-2/h3-13H2,1-2H3,(H,17,19);1-2H3. The maximum absolute atomic E-state index is 11.8. The molecule has 6 nitrogen and oxygen atoms in total. The fourth-order valence-electron chi connectivity index (χ4n) is 2.04. The molecule has 0 atom stereocenters. The van der Waals surface area contributed by atoms with Crippen LogP contribution < -0.4 is 5.32 Å². The molecule has 0 heterocycles. The Morgan fingerprint density at radius 2 is 1.46 bits per heavy atom. The second kappa shape index (κ2) is 14.4. The summed E-state index contributed by atoms with van der Waals surface area (Å²) in [6, 6.07) is 0. The van der Waals surface area contributed by atoms with Gasteiger partial charge in [-0.1, -0.05) is 27.7 Å². The number of carbonyl (C=O) groups excluding carboxylic acids is 2. The van der Waals surface area contributed by atoms with Gasteiger partial charge in [0.05, 0.1) is 33.0 Å². The first-order valence-electron chi connectivity index (χ1n) is 9.18. The van der Waals surface area contributed by atoms with Crippen LogP contribution in [0.15, 0.2) is 0 Å². The Kier molecular flexibility index (Phi) is 13.8. The summed E-state index contributed by atoms with van der Waals surface area (Å²) in [6.07, 6.45) is 3.44. The van der Waals surface area contributed by atoms with Crippen LogP contribution in [0.3, 0.4) is 0 Å². The summed E-state index contributed by atoms with van der Waals surface area (Å²) in [5.74, 6) is 0.259. The lowest BCUT2D eigenvalue weighted by Crippen LogP contribution is -2.34. The van der Waals surface area contributed by atoms with Crippen molar-refractivity contribution in [3.8, 4) is 0 Å². The van der Waals surface area contributed by atoms with Gasteiger partial charge in [0.15, 0.2) is 5.78 Å². The van der Waals surface area contributed by atoms with Crippen LogP contribution in [0, 0.1) is 5.41 Å². The number of hydrogen-bond acceptors (Lipinski definition) is 5. The molecule has 24 heavy (non-hydrogen) atoms. The average molecular weight is 345 g/mol. The molecule has 142 valence electrons. The van der Waals surface area contributed by atoms with Crippen molar-refractivity contribution in [3.63, 3.8) is 0 Å². The summed E-state index contributed by atoms with van der Waals surface area (Å²) >= 11 is 0. The van der Waals surface area contributed by atoms with E-state index in [-0.39, 0.29) is 23.7 Å². The molecule has 0 spiro atoms. The third kappa shape index (κ3) is 10.0. The number of ether oxygens (including phenoxy) is 3. The summed E-state index contributed by atoms with van der Waals surface area (Å²) in [7, 11) is 0. The molecule has 0 aliphatic heterocycles. The molecule has 0 aromatic rings. The van der Waals surface area contributed by atoms with Crippen LogP contribution in [-0.2, 0) is 23.8 Å². The molecule has 0 aromatic carbocycles. The lowest BCUT2D eigenvalue weighted by Gasteiger charge is -2.12. The van der Waals surface area contributed by atoms with Crippen molar-refractivity contribution >= 4 is 11.7 Å². The van der Waals surface area contributed by atoms with Gasteiger partial charge >= 0.3 is 0 Å². The number of nitrogens with one attached hydrogen (secondary N) is 1. The van der Waals surface area contributed by atoms with Gasteiger partial charge in [-0.05, 0) is 19.3 Å². The maximum Gasteiger partial charge on any atom is 0.226 e. The number of hydrogen-bond donors (Lipinski definition) is 1. The Hall–Kier alpha value is -0.980. The van der Waals surface area contributed by atoms with Crippen molar-refractivity contribution in [3.05, 3.63) is 0 Å². The minimum Gasteiger partial charge on any atom is -0.377 e. The molecule has 1 rings (SSSR count). The van der Waals surface area contributed by atoms with Gasteiger partial charge in [0.25, 0.3) is 0 Å². The van der Waals surface area contributed by atoms with E-state index in [1.807, 2.05) is 20.8 Å². The molecule has 0 aromatic heterocycles. The second-order valence-corrected chi connectivity index (χ2v) is 5.56.